The van der Waals surface area contributed by atoms with Gasteiger partial charge in [-0.05, 0) is 30.4 Å². The Morgan fingerprint density at radius 3 is 2.46 bits per heavy atom. The molecule has 0 fully saturated rings. The first kappa shape index (κ1) is 10.0. The molecule has 0 atom stereocenters. The van der Waals surface area contributed by atoms with E-state index in [4.69, 9.17) is 0 Å². The molecule has 0 radical (unpaired) electrons. The van der Waals surface area contributed by atoms with E-state index < -0.39 is 5.82 Å². The SMILES string of the molecule is CCC(CC)c1cccc(F)c1O. The van der Waals surface area contributed by atoms with Gasteiger partial charge in [0.25, 0.3) is 0 Å². The second-order valence-electron chi connectivity index (χ2n) is 3.19. The molecule has 2 heteroatoms. The Bertz CT molecular complexity index is 279. The number of phenolic OH excluding ortho intramolecular Hbond substituents is 1. The Kier molecular flexibility index (Phi) is 3.29. The number of phenols is 1. The minimum absolute atomic E-state index is 0.184. The first-order valence-corrected chi connectivity index (χ1v) is 4.68. The molecule has 1 aromatic rings. The Morgan fingerprint density at radius 2 is 1.92 bits per heavy atom. The molecule has 0 amide bonds. The molecule has 0 spiro atoms. The van der Waals surface area contributed by atoms with Crippen LogP contribution in [0.25, 0.3) is 0 Å². The van der Waals surface area contributed by atoms with Gasteiger partial charge in [0.05, 0.1) is 0 Å². The molecule has 1 rings (SSSR count). The Morgan fingerprint density at radius 1 is 1.31 bits per heavy atom. The summed E-state index contributed by atoms with van der Waals surface area (Å²) in [6, 6.07) is 4.71. The minimum atomic E-state index is -0.524. The fourth-order valence-electron chi connectivity index (χ4n) is 1.59. The third-order valence-electron chi connectivity index (χ3n) is 2.44. The summed E-state index contributed by atoms with van der Waals surface area (Å²) in [6.07, 6.45) is 1.85. The van der Waals surface area contributed by atoms with E-state index in [1.54, 1.807) is 12.1 Å². The van der Waals surface area contributed by atoms with E-state index in [1.165, 1.54) is 6.07 Å². The Hall–Kier alpha value is -1.05. The molecule has 0 unspecified atom stereocenters. The second kappa shape index (κ2) is 4.26. The molecule has 1 nitrogen and oxygen atoms in total. The third kappa shape index (κ3) is 2.00. The minimum Gasteiger partial charge on any atom is -0.505 e. The standard InChI is InChI=1S/C11H15FO/c1-3-8(4-2)9-6-5-7-10(12)11(9)13/h5-8,13H,3-4H2,1-2H3. The van der Waals surface area contributed by atoms with Crippen molar-refractivity contribution in [1.29, 1.82) is 0 Å². The zero-order valence-electron chi connectivity index (χ0n) is 8.05. The van der Waals surface area contributed by atoms with Crippen LogP contribution < -0.4 is 0 Å². The van der Waals surface area contributed by atoms with Crippen molar-refractivity contribution in [3.05, 3.63) is 29.6 Å². The number of para-hydroxylation sites is 1. The molecule has 1 aromatic carbocycles. The smallest absolute Gasteiger partial charge is 0.165 e. The van der Waals surface area contributed by atoms with E-state index in [0.717, 1.165) is 18.4 Å². The lowest BCUT2D eigenvalue weighted by molar-refractivity contribution is 0.417. The molecule has 1 N–H and O–H groups in total. The van der Waals surface area contributed by atoms with E-state index in [0.29, 0.717) is 0 Å². The first-order chi connectivity index (χ1) is 6.20. The lowest BCUT2D eigenvalue weighted by Gasteiger charge is -2.14. The molecule has 0 bridgehead atoms. The van der Waals surface area contributed by atoms with Gasteiger partial charge in [-0.1, -0.05) is 26.0 Å². The maximum atomic E-state index is 13.0. The maximum absolute atomic E-state index is 13.0. The molecule has 0 aliphatic carbocycles. The fraction of sp³-hybridized carbons (Fsp3) is 0.455. The van der Waals surface area contributed by atoms with Crippen LogP contribution in [0.5, 0.6) is 5.75 Å². The summed E-state index contributed by atoms with van der Waals surface area (Å²) >= 11 is 0. The molecule has 0 saturated heterocycles. The van der Waals surface area contributed by atoms with Crippen LogP contribution in [0.15, 0.2) is 18.2 Å². The highest BCUT2D eigenvalue weighted by molar-refractivity contribution is 5.36. The van der Waals surface area contributed by atoms with Crippen molar-refractivity contribution in [2.45, 2.75) is 32.6 Å². The summed E-state index contributed by atoms with van der Waals surface area (Å²) in [7, 11) is 0. The Balaban J connectivity index is 3.05. The summed E-state index contributed by atoms with van der Waals surface area (Å²) in [6.45, 7) is 4.08. The van der Waals surface area contributed by atoms with Crippen LogP contribution in [0.2, 0.25) is 0 Å². The molecular weight excluding hydrogens is 167 g/mol. The number of aromatic hydroxyl groups is 1. The highest BCUT2D eigenvalue weighted by Crippen LogP contribution is 2.31. The van der Waals surface area contributed by atoms with Crippen molar-refractivity contribution in [3.8, 4) is 5.75 Å². The van der Waals surface area contributed by atoms with Crippen molar-refractivity contribution >= 4 is 0 Å². The second-order valence-corrected chi connectivity index (χ2v) is 3.19. The van der Waals surface area contributed by atoms with Gasteiger partial charge in [-0.3, -0.25) is 0 Å². The average Bonchev–Trinajstić information content (AvgIpc) is 2.14. The van der Waals surface area contributed by atoms with E-state index >= 15 is 0 Å². The highest BCUT2D eigenvalue weighted by Gasteiger charge is 2.13. The van der Waals surface area contributed by atoms with Crippen molar-refractivity contribution in [3.63, 3.8) is 0 Å². The predicted molar refractivity (Wildman–Crippen MR) is 51.4 cm³/mol. The Labute approximate surface area is 78.2 Å². The van der Waals surface area contributed by atoms with Crippen LogP contribution in [-0.4, -0.2) is 5.11 Å². The van der Waals surface area contributed by atoms with Gasteiger partial charge in [0.1, 0.15) is 0 Å². The van der Waals surface area contributed by atoms with Crippen molar-refractivity contribution in [2.75, 3.05) is 0 Å². The maximum Gasteiger partial charge on any atom is 0.165 e. The summed E-state index contributed by atoms with van der Waals surface area (Å²) in [5, 5.41) is 9.46. The van der Waals surface area contributed by atoms with Crippen molar-refractivity contribution < 1.29 is 9.50 Å². The van der Waals surface area contributed by atoms with E-state index in [9.17, 15) is 9.50 Å². The fourth-order valence-corrected chi connectivity index (χ4v) is 1.59. The van der Waals surface area contributed by atoms with Crippen LogP contribution in [0.3, 0.4) is 0 Å². The number of hydrogen-bond donors (Lipinski definition) is 1. The van der Waals surface area contributed by atoms with Gasteiger partial charge in [0.2, 0.25) is 0 Å². The van der Waals surface area contributed by atoms with Crippen LogP contribution in [0.1, 0.15) is 38.2 Å². The van der Waals surface area contributed by atoms with E-state index in [-0.39, 0.29) is 11.7 Å². The number of rotatable bonds is 3. The summed E-state index contributed by atoms with van der Waals surface area (Å²) < 4.78 is 13.0. The topological polar surface area (TPSA) is 20.2 Å². The first-order valence-electron chi connectivity index (χ1n) is 4.68. The van der Waals surface area contributed by atoms with Gasteiger partial charge >= 0.3 is 0 Å². The molecule has 72 valence electrons. The van der Waals surface area contributed by atoms with Crippen LogP contribution in [0, 0.1) is 5.82 Å². The molecule has 0 aromatic heterocycles. The molecular formula is C11H15FO. The van der Waals surface area contributed by atoms with E-state index in [2.05, 4.69) is 0 Å². The van der Waals surface area contributed by atoms with Gasteiger partial charge in [-0.2, -0.15) is 0 Å². The zero-order chi connectivity index (χ0) is 9.84. The average molecular weight is 182 g/mol. The molecule has 0 aliphatic rings. The molecule has 0 heterocycles. The van der Waals surface area contributed by atoms with Gasteiger partial charge in [0.15, 0.2) is 11.6 Å². The van der Waals surface area contributed by atoms with Gasteiger partial charge in [-0.15, -0.1) is 0 Å². The summed E-state index contributed by atoms with van der Waals surface area (Å²) in [4.78, 5) is 0. The lowest BCUT2D eigenvalue weighted by atomic mass is 9.93. The predicted octanol–water partition coefficient (Wildman–Crippen LogP) is 3.43. The lowest BCUT2D eigenvalue weighted by Crippen LogP contribution is -1.96. The number of hydrogen-bond acceptors (Lipinski definition) is 1. The molecule has 13 heavy (non-hydrogen) atoms. The largest absolute Gasteiger partial charge is 0.505 e. The van der Waals surface area contributed by atoms with Crippen molar-refractivity contribution in [1.82, 2.24) is 0 Å². The van der Waals surface area contributed by atoms with Crippen LogP contribution in [-0.2, 0) is 0 Å². The monoisotopic (exact) mass is 182 g/mol. The van der Waals surface area contributed by atoms with E-state index in [1.807, 2.05) is 13.8 Å². The quantitative estimate of drug-likeness (QED) is 0.759. The van der Waals surface area contributed by atoms with Gasteiger partial charge in [0, 0.05) is 0 Å². The normalized spacial score (nSPS) is 10.8. The molecule has 0 saturated carbocycles. The summed E-state index contributed by atoms with van der Waals surface area (Å²) in [5.74, 6) is -0.448. The third-order valence-corrected chi connectivity index (χ3v) is 2.44. The van der Waals surface area contributed by atoms with Crippen molar-refractivity contribution in [2.24, 2.45) is 0 Å². The zero-order valence-corrected chi connectivity index (χ0v) is 8.05. The van der Waals surface area contributed by atoms with Crippen LogP contribution >= 0.6 is 0 Å². The number of halogens is 1. The van der Waals surface area contributed by atoms with Gasteiger partial charge in [-0.25, -0.2) is 4.39 Å². The van der Waals surface area contributed by atoms with Gasteiger partial charge < -0.3 is 5.11 Å². The molecule has 0 aliphatic heterocycles. The highest BCUT2D eigenvalue weighted by atomic mass is 19.1. The van der Waals surface area contributed by atoms with Crippen LogP contribution in [0.4, 0.5) is 4.39 Å². The number of benzene rings is 1. The summed E-state index contributed by atoms with van der Waals surface area (Å²) in [5.41, 5.74) is 0.727.